The third kappa shape index (κ3) is 1.99. The molecule has 0 radical (unpaired) electrons. The van der Waals surface area contributed by atoms with E-state index in [1.165, 1.54) is 22.7 Å². The Balaban J connectivity index is 2.28. The van der Waals surface area contributed by atoms with E-state index >= 15 is 0 Å². The Kier molecular flexibility index (Phi) is 3.03. The number of anilines is 2. The largest absolute Gasteiger partial charge is 0.384 e. The van der Waals surface area contributed by atoms with Gasteiger partial charge in [-0.05, 0) is 12.2 Å². The second kappa shape index (κ2) is 4.32. The van der Waals surface area contributed by atoms with Gasteiger partial charge in [0.05, 0.1) is 0 Å². The summed E-state index contributed by atoms with van der Waals surface area (Å²) < 4.78 is 2.18. The summed E-state index contributed by atoms with van der Waals surface area (Å²) in [5.74, 6) is 0.105. The zero-order chi connectivity index (χ0) is 11.7. The molecule has 0 atom stereocenters. The number of thiazole rings is 2. The highest BCUT2D eigenvalue weighted by Gasteiger charge is 2.16. The van der Waals surface area contributed by atoms with Gasteiger partial charge in [0, 0.05) is 18.6 Å². The number of hydrogen-bond donors (Lipinski definition) is 2. The van der Waals surface area contributed by atoms with Crippen LogP contribution >= 0.6 is 34.9 Å². The first-order valence-corrected chi connectivity index (χ1v) is 6.36. The molecule has 3 N–H and O–H groups in total. The number of carbonyl (C=O) groups excluding carboxylic acids is 1. The quantitative estimate of drug-likeness (QED) is 0.821. The van der Waals surface area contributed by atoms with E-state index in [9.17, 15) is 4.79 Å². The molecular formula is C8H8N4OS3. The van der Waals surface area contributed by atoms with Crippen molar-refractivity contribution in [3.05, 3.63) is 20.4 Å². The van der Waals surface area contributed by atoms with Crippen LogP contribution in [0.2, 0.25) is 0 Å². The summed E-state index contributed by atoms with van der Waals surface area (Å²) in [7, 11) is 1.73. The molecule has 0 spiro atoms. The van der Waals surface area contributed by atoms with Gasteiger partial charge in [0.25, 0.3) is 5.91 Å². The van der Waals surface area contributed by atoms with Crippen molar-refractivity contribution < 1.29 is 4.79 Å². The van der Waals surface area contributed by atoms with Crippen LogP contribution in [0, 0.1) is 3.95 Å². The molecule has 2 heterocycles. The summed E-state index contributed by atoms with van der Waals surface area (Å²) in [6.45, 7) is 0. The number of aromatic nitrogens is 2. The molecule has 0 aliphatic carbocycles. The van der Waals surface area contributed by atoms with Gasteiger partial charge in [-0.2, -0.15) is 0 Å². The number of hydrogen-bond acceptors (Lipinski definition) is 6. The van der Waals surface area contributed by atoms with E-state index in [1.54, 1.807) is 23.2 Å². The van der Waals surface area contributed by atoms with Crippen molar-refractivity contribution in [2.75, 3.05) is 11.1 Å². The Morgan fingerprint density at radius 2 is 2.44 bits per heavy atom. The topological polar surface area (TPSA) is 72.9 Å². The average molecular weight is 272 g/mol. The normalized spacial score (nSPS) is 10.3. The summed E-state index contributed by atoms with van der Waals surface area (Å²) in [6.07, 6.45) is 1.62. The third-order valence-electron chi connectivity index (χ3n) is 1.92. The molecule has 0 aromatic carbocycles. The van der Waals surface area contributed by atoms with Crippen LogP contribution in [0.4, 0.5) is 10.9 Å². The number of nitrogens with zero attached hydrogens (tertiary/aromatic N) is 2. The van der Waals surface area contributed by atoms with Crippen LogP contribution in [0.1, 0.15) is 9.67 Å². The minimum absolute atomic E-state index is 0.274. The van der Waals surface area contributed by atoms with E-state index in [1.807, 2.05) is 0 Å². The molecule has 2 aromatic rings. The number of amides is 1. The Labute approximate surface area is 105 Å². The average Bonchev–Trinajstić information content (AvgIpc) is 2.83. The van der Waals surface area contributed by atoms with Gasteiger partial charge >= 0.3 is 0 Å². The molecule has 0 aliphatic heterocycles. The molecule has 16 heavy (non-hydrogen) atoms. The van der Waals surface area contributed by atoms with E-state index in [0.717, 1.165) is 0 Å². The Hall–Kier alpha value is -1.25. The molecular weight excluding hydrogens is 264 g/mol. The van der Waals surface area contributed by atoms with E-state index in [2.05, 4.69) is 10.3 Å². The zero-order valence-corrected chi connectivity index (χ0v) is 10.7. The molecule has 0 aliphatic rings. The monoisotopic (exact) mass is 272 g/mol. The maximum absolute atomic E-state index is 11.8. The standard InChI is InChI=1S/C8H8N4OS3/c1-12-5(9)4(16-8(12)14)6(13)11-7-10-2-3-15-7/h2-3H,9H2,1H3,(H,10,11,13). The highest BCUT2D eigenvalue weighted by atomic mass is 32.1. The summed E-state index contributed by atoms with van der Waals surface area (Å²) in [5, 5.41) is 4.99. The maximum Gasteiger partial charge on any atom is 0.271 e. The second-order valence-corrected chi connectivity index (χ2v) is 5.47. The van der Waals surface area contributed by atoms with Crippen LogP contribution in [0.25, 0.3) is 0 Å². The molecule has 0 saturated heterocycles. The zero-order valence-electron chi connectivity index (χ0n) is 8.26. The molecule has 5 nitrogen and oxygen atoms in total. The number of nitrogens with one attached hydrogen (secondary N) is 1. The van der Waals surface area contributed by atoms with Crippen LogP contribution in [-0.4, -0.2) is 15.5 Å². The van der Waals surface area contributed by atoms with Crippen LogP contribution in [0.15, 0.2) is 11.6 Å². The van der Waals surface area contributed by atoms with Crippen LogP contribution in [0.3, 0.4) is 0 Å². The third-order valence-corrected chi connectivity index (χ3v) is 4.18. The number of rotatable bonds is 2. The van der Waals surface area contributed by atoms with E-state index < -0.39 is 0 Å². The van der Waals surface area contributed by atoms with Gasteiger partial charge in [0.2, 0.25) is 0 Å². The van der Waals surface area contributed by atoms with Crippen LogP contribution in [-0.2, 0) is 7.05 Å². The summed E-state index contributed by atoms with van der Waals surface area (Å²) in [6, 6.07) is 0. The smallest absolute Gasteiger partial charge is 0.271 e. The lowest BCUT2D eigenvalue weighted by molar-refractivity contribution is 0.103. The van der Waals surface area contributed by atoms with E-state index in [4.69, 9.17) is 18.0 Å². The van der Waals surface area contributed by atoms with Crippen molar-refractivity contribution in [2.24, 2.45) is 7.05 Å². The summed E-state index contributed by atoms with van der Waals surface area (Å²) in [5.41, 5.74) is 5.76. The molecule has 8 heteroatoms. The minimum Gasteiger partial charge on any atom is -0.384 e. The molecule has 2 rings (SSSR count). The summed E-state index contributed by atoms with van der Waals surface area (Å²) >= 11 is 7.58. The highest BCUT2D eigenvalue weighted by molar-refractivity contribution is 7.73. The Morgan fingerprint density at radius 1 is 1.69 bits per heavy atom. The molecule has 0 saturated carbocycles. The molecule has 0 bridgehead atoms. The summed E-state index contributed by atoms with van der Waals surface area (Å²) in [4.78, 5) is 16.2. The SMILES string of the molecule is Cn1c(N)c(C(=O)Nc2nccs2)sc1=S. The molecule has 0 unspecified atom stereocenters. The fourth-order valence-corrected chi connectivity index (χ4v) is 2.73. The van der Waals surface area contributed by atoms with Crippen LogP contribution < -0.4 is 11.1 Å². The number of nitrogens with two attached hydrogens (primary N) is 1. The number of carbonyl (C=O) groups is 1. The van der Waals surface area contributed by atoms with Gasteiger partial charge in [-0.3, -0.25) is 10.1 Å². The van der Waals surface area contributed by atoms with Gasteiger partial charge in [-0.15, -0.1) is 11.3 Å². The van der Waals surface area contributed by atoms with E-state index in [-0.39, 0.29) is 5.91 Å². The number of nitrogen functional groups attached to an aromatic ring is 1. The molecule has 84 valence electrons. The molecule has 1 amide bonds. The van der Waals surface area contributed by atoms with Crippen molar-refractivity contribution >= 4 is 51.7 Å². The van der Waals surface area contributed by atoms with Gasteiger partial charge in [0.1, 0.15) is 10.7 Å². The lowest BCUT2D eigenvalue weighted by Gasteiger charge is -2.00. The van der Waals surface area contributed by atoms with Gasteiger partial charge < -0.3 is 10.3 Å². The molecule has 2 aromatic heterocycles. The van der Waals surface area contributed by atoms with Crippen molar-refractivity contribution in [1.29, 1.82) is 0 Å². The molecule has 0 fully saturated rings. The van der Waals surface area contributed by atoms with Crippen molar-refractivity contribution in [3.63, 3.8) is 0 Å². The van der Waals surface area contributed by atoms with Crippen molar-refractivity contribution in [2.45, 2.75) is 0 Å². The second-order valence-electron chi connectivity index (χ2n) is 2.93. The first kappa shape index (κ1) is 11.2. The fraction of sp³-hybridized carbons (Fsp3) is 0.125. The predicted octanol–water partition coefficient (Wildman–Crippen LogP) is 2.11. The first-order valence-electron chi connectivity index (χ1n) is 4.25. The van der Waals surface area contributed by atoms with Crippen molar-refractivity contribution in [1.82, 2.24) is 9.55 Å². The fourth-order valence-electron chi connectivity index (χ4n) is 1.06. The van der Waals surface area contributed by atoms with Crippen LogP contribution in [0.5, 0.6) is 0 Å². The Bertz CT molecular complexity index is 569. The lowest BCUT2D eigenvalue weighted by atomic mass is 10.4. The minimum atomic E-state index is -0.274. The van der Waals surface area contributed by atoms with Gasteiger partial charge in [-0.1, -0.05) is 11.3 Å². The van der Waals surface area contributed by atoms with E-state index in [0.29, 0.717) is 19.8 Å². The van der Waals surface area contributed by atoms with Gasteiger partial charge in [-0.25, -0.2) is 4.98 Å². The lowest BCUT2D eigenvalue weighted by Crippen LogP contribution is -2.12. The Morgan fingerprint density at radius 3 is 2.94 bits per heavy atom. The highest BCUT2D eigenvalue weighted by Crippen LogP contribution is 2.22. The predicted molar refractivity (Wildman–Crippen MR) is 68.6 cm³/mol. The maximum atomic E-state index is 11.8. The van der Waals surface area contributed by atoms with Crippen molar-refractivity contribution in [3.8, 4) is 0 Å². The first-order chi connectivity index (χ1) is 7.59. The van der Waals surface area contributed by atoms with Gasteiger partial charge in [0.15, 0.2) is 9.09 Å².